The van der Waals surface area contributed by atoms with E-state index in [1.54, 1.807) is 6.26 Å². The van der Waals surface area contributed by atoms with Crippen LogP contribution in [0.15, 0.2) is 57.6 Å². The van der Waals surface area contributed by atoms with Crippen molar-refractivity contribution in [2.24, 2.45) is 5.84 Å². The van der Waals surface area contributed by atoms with Crippen LogP contribution in [0.25, 0.3) is 11.0 Å². The molecule has 0 radical (unpaired) electrons. The molecule has 0 saturated carbocycles. The minimum absolute atomic E-state index is 0.266. The summed E-state index contributed by atoms with van der Waals surface area (Å²) in [6.45, 7) is 0. The highest BCUT2D eigenvalue weighted by Gasteiger charge is 2.19. The van der Waals surface area contributed by atoms with Crippen LogP contribution >= 0.6 is 0 Å². The third-order valence-corrected chi connectivity index (χ3v) is 2.72. The van der Waals surface area contributed by atoms with Gasteiger partial charge in [-0.2, -0.15) is 0 Å². The number of hydrazine groups is 1. The molecule has 1 atom stereocenters. The van der Waals surface area contributed by atoms with Crippen LogP contribution < -0.4 is 11.3 Å². The standard InChI is InChI=1S/C13H12N2O2/c14-15-13(11-6-3-7-16-11)12-8-9-4-1-2-5-10(9)17-12/h1-8,13,15H,14H2. The lowest BCUT2D eigenvalue weighted by molar-refractivity contribution is 0.403. The number of nitrogens with one attached hydrogen (secondary N) is 1. The van der Waals surface area contributed by atoms with Gasteiger partial charge < -0.3 is 8.83 Å². The van der Waals surface area contributed by atoms with Crippen molar-refractivity contribution < 1.29 is 8.83 Å². The quantitative estimate of drug-likeness (QED) is 0.534. The van der Waals surface area contributed by atoms with E-state index in [1.165, 1.54) is 0 Å². The normalized spacial score (nSPS) is 13.0. The molecule has 4 heteroatoms. The van der Waals surface area contributed by atoms with Gasteiger partial charge in [-0.3, -0.25) is 5.84 Å². The van der Waals surface area contributed by atoms with Gasteiger partial charge in [-0.25, -0.2) is 5.43 Å². The number of fused-ring (bicyclic) bond motifs is 1. The number of para-hydroxylation sites is 1. The third-order valence-electron chi connectivity index (χ3n) is 2.72. The molecule has 0 fully saturated rings. The van der Waals surface area contributed by atoms with Crippen LogP contribution in [0.4, 0.5) is 0 Å². The molecule has 0 saturated heterocycles. The second-order valence-electron chi connectivity index (χ2n) is 3.80. The summed E-state index contributed by atoms with van der Waals surface area (Å²) in [5.41, 5.74) is 3.54. The van der Waals surface area contributed by atoms with Gasteiger partial charge in [-0.05, 0) is 24.3 Å². The minimum Gasteiger partial charge on any atom is -0.467 e. The second-order valence-corrected chi connectivity index (χ2v) is 3.80. The van der Waals surface area contributed by atoms with Crippen molar-refractivity contribution in [1.29, 1.82) is 0 Å². The van der Waals surface area contributed by atoms with Crippen molar-refractivity contribution in [2.45, 2.75) is 6.04 Å². The summed E-state index contributed by atoms with van der Waals surface area (Å²) >= 11 is 0. The first-order valence-corrected chi connectivity index (χ1v) is 5.36. The molecule has 0 spiro atoms. The molecule has 3 N–H and O–H groups in total. The molecule has 0 aliphatic heterocycles. The van der Waals surface area contributed by atoms with Crippen molar-refractivity contribution in [2.75, 3.05) is 0 Å². The first-order valence-electron chi connectivity index (χ1n) is 5.36. The molecule has 17 heavy (non-hydrogen) atoms. The van der Waals surface area contributed by atoms with Crippen molar-refractivity contribution >= 4 is 11.0 Å². The maximum absolute atomic E-state index is 5.74. The predicted octanol–water partition coefficient (Wildman–Crippen LogP) is 2.58. The molecule has 3 rings (SSSR count). The molecule has 86 valence electrons. The summed E-state index contributed by atoms with van der Waals surface area (Å²) in [5.74, 6) is 7.02. The van der Waals surface area contributed by atoms with Crippen molar-refractivity contribution in [3.8, 4) is 0 Å². The molecular weight excluding hydrogens is 216 g/mol. The van der Waals surface area contributed by atoms with E-state index in [9.17, 15) is 0 Å². The van der Waals surface area contributed by atoms with E-state index < -0.39 is 0 Å². The minimum atomic E-state index is -0.266. The Morgan fingerprint density at radius 2 is 1.94 bits per heavy atom. The zero-order valence-corrected chi connectivity index (χ0v) is 9.09. The Morgan fingerprint density at radius 3 is 2.65 bits per heavy atom. The van der Waals surface area contributed by atoms with Crippen LogP contribution in [0.2, 0.25) is 0 Å². The summed E-state index contributed by atoms with van der Waals surface area (Å²) in [6.07, 6.45) is 1.61. The number of furan rings is 2. The highest BCUT2D eigenvalue weighted by atomic mass is 16.4. The van der Waals surface area contributed by atoms with Gasteiger partial charge in [0.05, 0.1) is 6.26 Å². The first-order chi connectivity index (χ1) is 8.38. The number of benzene rings is 1. The zero-order valence-electron chi connectivity index (χ0n) is 9.09. The highest BCUT2D eigenvalue weighted by molar-refractivity contribution is 5.77. The number of nitrogens with two attached hydrogens (primary N) is 1. The van der Waals surface area contributed by atoms with Crippen molar-refractivity contribution in [3.63, 3.8) is 0 Å². The van der Waals surface area contributed by atoms with E-state index >= 15 is 0 Å². The maximum atomic E-state index is 5.74. The fourth-order valence-corrected chi connectivity index (χ4v) is 1.90. The number of hydrogen-bond acceptors (Lipinski definition) is 4. The van der Waals surface area contributed by atoms with Crippen molar-refractivity contribution in [3.05, 3.63) is 60.2 Å². The topological polar surface area (TPSA) is 64.3 Å². The molecule has 0 amide bonds. The lowest BCUT2D eigenvalue weighted by atomic mass is 10.1. The average molecular weight is 228 g/mol. The fraction of sp³-hybridized carbons (Fsp3) is 0.0769. The van der Waals surface area contributed by atoms with Gasteiger partial charge in [0.15, 0.2) is 0 Å². The lowest BCUT2D eigenvalue weighted by Gasteiger charge is -2.09. The van der Waals surface area contributed by atoms with E-state index in [1.807, 2.05) is 42.5 Å². The molecular formula is C13H12N2O2. The van der Waals surface area contributed by atoms with E-state index in [2.05, 4.69) is 5.43 Å². The van der Waals surface area contributed by atoms with Crippen LogP contribution in [0, 0.1) is 0 Å². The lowest BCUT2D eigenvalue weighted by Crippen LogP contribution is -2.28. The SMILES string of the molecule is NNC(c1ccco1)c1cc2ccccc2o1. The molecule has 3 aromatic rings. The Labute approximate surface area is 98.0 Å². The third kappa shape index (κ3) is 1.73. The van der Waals surface area contributed by atoms with Gasteiger partial charge in [0.1, 0.15) is 23.1 Å². The molecule has 1 aromatic carbocycles. The molecule has 4 nitrogen and oxygen atoms in total. The van der Waals surface area contributed by atoms with Crippen LogP contribution in [0.5, 0.6) is 0 Å². The van der Waals surface area contributed by atoms with Crippen LogP contribution in [-0.2, 0) is 0 Å². The predicted molar refractivity (Wildman–Crippen MR) is 64.1 cm³/mol. The van der Waals surface area contributed by atoms with Gasteiger partial charge in [0, 0.05) is 5.39 Å². The van der Waals surface area contributed by atoms with Crippen LogP contribution in [0.1, 0.15) is 17.6 Å². The molecule has 2 heterocycles. The second kappa shape index (κ2) is 4.08. The monoisotopic (exact) mass is 228 g/mol. The highest BCUT2D eigenvalue weighted by Crippen LogP contribution is 2.27. The molecule has 0 aliphatic rings. The summed E-state index contributed by atoms with van der Waals surface area (Å²) in [6, 6.07) is 13.2. The van der Waals surface area contributed by atoms with E-state index in [4.69, 9.17) is 14.7 Å². The van der Waals surface area contributed by atoms with Gasteiger partial charge in [-0.1, -0.05) is 18.2 Å². The Bertz CT molecular complexity index is 580. The number of hydrogen-bond donors (Lipinski definition) is 2. The largest absolute Gasteiger partial charge is 0.467 e. The van der Waals surface area contributed by atoms with E-state index in [0.717, 1.165) is 22.5 Å². The van der Waals surface area contributed by atoms with Gasteiger partial charge in [0.25, 0.3) is 0 Å². The Kier molecular flexibility index (Phi) is 2.44. The first kappa shape index (κ1) is 10.1. The van der Waals surface area contributed by atoms with Gasteiger partial charge in [-0.15, -0.1) is 0 Å². The fourth-order valence-electron chi connectivity index (χ4n) is 1.90. The number of rotatable bonds is 3. The summed E-state index contributed by atoms with van der Waals surface area (Å²) < 4.78 is 11.1. The summed E-state index contributed by atoms with van der Waals surface area (Å²) in [7, 11) is 0. The van der Waals surface area contributed by atoms with Crippen molar-refractivity contribution in [1.82, 2.24) is 5.43 Å². The van der Waals surface area contributed by atoms with Gasteiger partial charge in [0.2, 0.25) is 0 Å². The Hall–Kier alpha value is -2.04. The zero-order chi connectivity index (χ0) is 11.7. The summed E-state index contributed by atoms with van der Waals surface area (Å²) in [4.78, 5) is 0. The van der Waals surface area contributed by atoms with Crippen LogP contribution in [-0.4, -0.2) is 0 Å². The molecule has 0 aliphatic carbocycles. The maximum Gasteiger partial charge on any atom is 0.137 e. The smallest absolute Gasteiger partial charge is 0.137 e. The summed E-state index contributed by atoms with van der Waals surface area (Å²) in [5, 5.41) is 1.05. The molecule has 2 aromatic heterocycles. The Morgan fingerprint density at radius 1 is 1.06 bits per heavy atom. The average Bonchev–Trinajstić information content (AvgIpc) is 2.98. The van der Waals surface area contributed by atoms with Gasteiger partial charge >= 0.3 is 0 Å². The Balaban J connectivity index is 2.07. The van der Waals surface area contributed by atoms with E-state index in [-0.39, 0.29) is 6.04 Å². The van der Waals surface area contributed by atoms with E-state index in [0.29, 0.717) is 0 Å². The molecule has 1 unspecified atom stereocenters. The molecule has 0 bridgehead atoms. The van der Waals surface area contributed by atoms with Crippen LogP contribution in [0.3, 0.4) is 0 Å².